The van der Waals surface area contributed by atoms with E-state index in [1.54, 1.807) is 4.90 Å². The zero-order chi connectivity index (χ0) is 18.4. The predicted octanol–water partition coefficient (Wildman–Crippen LogP) is 1.06. The average molecular weight is 350 g/mol. The van der Waals surface area contributed by atoms with Gasteiger partial charge in [0, 0.05) is 39.0 Å². The molecule has 25 heavy (non-hydrogen) atoms. The Hall–Kier alpha value is -1.89. The van der Waals surface area contributed by atoms with Crippen molar-refractivity contribution in [1.29, 1.82) is 0 Å². The maximum atomic E-state index is 12.4. The van der Waals surface area contributed by atoms with Crippen molar-refractivity contribution in [3.05, 3.63) is 17.0 Å². The summed E-state index contributed by atoms with van der Waals surface area (Å²) >= 11 is 0. The third kappa shape index (κ3) is 4.81. The van der Waals surface area contributed by atoms with Gasteiger partial charge in [-0.2, -0.15) is 5.10 Å². The van der Waals surface area contributed by atoms with Crippen LogP contribution in [0.1, 0.15) is 36.7 Å². The Morgan fingerprint density at radius 1 is 1.36 bits per heavy atom. The van der Waals surface area contributed by atoms with Crippen LogP contribution in [0.15, 0.2) is 0 Å². The van der Waals surface area contributed by atoms with Crippen LogP contribution in [0.2, 0.25) is 0 Å². The number of aryl methyl sites for hydroxylation is 2. The Morgan fingerprint density at radius 2 is 2.12 bits per heavy atom. The summed E-state index contributed by atoms with van der Waals surface area (Å²) in [4.78, 5) is 26.1. The van der Waals surface area contributed by atoms with Gasteiger partial charge in [0.15, 0.2) is 0 Å². The number of amides is 2. The van der Waals surface area contributed by atoms with Gasteiger partial charge in [-0.25, -0.2) is 0 Å². The van der Waals surface area contributed by atoms with Gasteiger partial charge in [-0.15, -0.1) is 0 Å². The lowest BCUT2D eigenvalue weighted by Gasteiger charge is -2.31. The lowest BCUT2D eigenvalue weighted by atomic mass is 9.97. The molecule has 0 aromatic carbocycles. The number of hydrogen-bond donors (Lipinski definition) is 1. The maximum Gasteiger partial charge on any atom is 0.248 e. The molecule has 0 aliphatic carbocycles. The molecule has 1 aromatic heterocycles. The fourth-order valence-electron chi connectivity index (χ4n) is 3.49. The Kier molecular flexibility index (Phi) is 6.99. The first kappa shape index (κ1) is 19.4. The minimum Gasteiger partial charge on any atom is -0.375 e. The number of rotatable bonds is 7. The minimum atomic E-state index is -0.130. The number of nitrogens with zero attached hydrogens (tertiary/aromatic N) is 3. The largest absolute Gasteiger partial charge is 0.375 e. The van der Waals surface area contributed by atoms with Crippen LogP contribution in [0.5, 0.6) is 0 Å². The first-order chi connectivity index (χ1) is 12.0. The van der Waals surface area contributed by atoms with Gasteiger partial charge in [-0.05, 0) is 45.6 Å². The molecule has 1 N–H and O–H groups in total. The molecule has 140 valence electrons. The first-order valence-corrected chi connectivity index (χ1v) is 9.05. The van der Waals surface area contributed by atoms with Gasteiger partial charge < -0.3 is 15.0 Å². The monoisotopic (exact) mass is 350 g/mol. The zero-order valence-electron chi connectivity index (χ0n) is 15.8. The van der Waals surface area contributed by atoms with E-state index in [2.05, 4.69) is 24.3 Å². The number of likely N-dealkylation sites (tertiary alicyclic amines) is 1. The molecule has 1 aliphatic rings. The van der Waals surface area contributed by atoms with Gasteiger partial charge in [0.2, 0.25) is 11.8 Å². The molecule has 0 bridgehead atoms. The number of carbonyl (C=O) groups is 2. The minimum absolute atomic E-state index is 0.0353. The van der Waals surface area contributed by atoms with Gasteiger partial charge in [-0.3, -0.25) is 14.3 Å². The Balaban J connectivity index is 1.84. The summed E-state index contributed by atoms with van der Waals surface area (Å²) in [6.07, 6.45) is 2.46. The van der Waals surface area contributed by atoms with Crippen LogP contribution < -0.4 is 5.32 Å². The van der Waals surface area contributed by atoms with E-state index in [9.17, 15) is 9.59 Å². The third-order valence-corrected chi connectivity index (χ3v) is 4.92. The molecule has 1 aliphatic heterocycles. The number of ether oxygens (including phenoxy) is 1. The van der Waals surface area contributed by atoms with Crippen molar-refractivity contribution in [1.82, 2.24) is 20.0 Å². The molecule has 1 fully saturated rings. The highest BCUT2D eigenvalue weighted by atomic mass is 16.5. The normalized spacial score (nSPS) is 17.6. The van der Waals surface area contributed by atoms with E-state index in [1.807, 2.05) is 11.6 Å². The van der Waals surface area contributed by atoms with E-state index < -0.39 is 0 Å². The lowest BCUT2D eigenvalue weighted by Crippen LogP contribution is -2.46. The standard InChI is InChI=1S/C18H30N4O3/c1-5-22-14(3)16(13(2)20-22)8-9-19-18(24)15-7-6-10-21(11-15)17(23)12-25-4/h15H,5-12H2,1-4H3,(H,19,24). The SMILES string of the molecule is CCn1nc(C)c(CCNC(=O)C2CCCN(C(=O)COC)C2)c1C. The van der Waals surface area contributed by atoms with Gasteiger partial charge in [-0.1, -0.05) is 0 Å². The molecule has 7 heteroatoms. The van der Waals surface area contributed by atoms with E-state index in [0.29, 0.717) is 19.6 Å². The van der Waals surface area contributed by atoms with Crippen LogP contribution in [-0.4, -0.2) is 59.8 Å². The summed E-state index contributed by atoms with van der Waals surface area (Å²) in [6.45, 7) is 8.88. The predicted molar refractivity (Wildman–Crippen MR) is 95.3 cm³/mol. The number of hydrogen-bond acceptors (Lipinski definition) is 4. The van der Waals surface area contributed by atoms with E-state index in [0.717, 1.165) is 31.5 Å². The van der Waals surface area contributed by atoms with Crippen LogP contribution in [0.3, 0.4) is 0 Å². The lowest BCUT2D eigenvalue weighted by molar-refractivity contribution is -0.138. The highest BCUT2D eigenvalue weighted by molar-refractivity contribution is 5.81. The molecule has 1 aromatic rings. The van der Waals surface area contributed by atoms with Crippen LogP contribution >= 0.6 is 0 Å². The van der Waals surface area contributed by atoms with Gasteiger partial charge in [0.1, 0.15) is 6.61 Å². The van der Waals surface area contributed by atoms with E-state index in [-0.39, 0.29) is 24.3 Å². The molecule has 2 amide bonds. The van der Waals surface area contributed by atoms with E-state index in [1.165, 1.54) is 18.4 Å². The van der Waals surface area contributed by atoms with Crippen molar-refractivity contribution < 1.29 is 14.3 Å². The third-order valence-electron chi connectivity index (χ3n) is 4.92. The molecule has 1 saturated heterocycles. The summed E-state index contributed by atoms with van der Waals surface area (Å²) in [5.74, 6) is -0.138. The highest BCUT2D eigenvalue weighted by Crippen LogP contribution is 2.17. The summed E-state index contributed by atoms with van der Waals surface area (Å²) < 4.78 is 6.89. The number of carbonyl (C=O) groups excluding carboxylic acids is 2. The van der Waals surface area contributed by atoms with Gasteiger partial charge >= 0.3 is 0 Å². The van der Waals surface area contributed by atoms with Crippen LogP contribution in [0.25, 0.3) is 0 Å². The van der Waals surface area contributed by atoms with Crippen molar-refractivity contribution in [2.24, 2.45) is 5.92 Å². The molecule has 0 radical (unpaired) electrons. The second kappa shape index (κ2) is 8.99. The van der Waals surface area contributed by atoms with Gasteiger partial charge in [0.05, 0.1) is 11.6 Å². The fourth-order valence-corrected chi connectivity index (χ4v) is 3.49. The molecular formula is C18H30N4O3. The summed E-state index contributed by atoms with van der Waals surface area (Å²) in [5, 5.41) is 7.54. The maximum absolute atomic E-state index is 12.4. The number of methoxy groups -OCH3 is 1. The van der Waals surface area contributed by atoms with Crippen molar-refractivity contribution in [3.63, 3.8) is 0 Å². The van der Waals surface area contributed by atoms with E-state index in [4.69, 9.17) is 4.74 Å². The van der Waals surface area contributed by atoms with Crippen molar-refractivity contribution >= 4 is 11.8 Å². The smallest absolute Gasteiger partial charge is 0.248 e. The number of piperidine rings is 1. The molecule has 1 unspecified atom stereocenters. The van der Waals surface area contributed by atoms with Crippen molar-refractivity contribution in [2.45, 2.75) is 46.6 Å². The van der Waals surface area contributed by atoms with Gasteiger partial charge in [0.25, 0.3) is 0 Å². The molecule has 2 rings (SSSR count). The van der Waals surface area contributed by atoms with Crippen molar-refractivity contribution in [3.8, 4) is 0 Å². The summed E-state index contributed by atoms with van der Waals surface area (Å²) in [5.41, 5.74) is 3.41. The second-order valence-electron chi connectivity index (χ2n) is 6.62. The molecule has 2 heterocycles. The Bertz CT molecular complexity index is 612. The number of aromatic nitrogens is 2. The average Bonchev–Trinajstić information content (AvgIpc) is 2.89. The molecule has 0 saturated carbocycles. The topological polar surface area (TPSA) is 76.5 Å². The number of nitrogens with one attached hydrogen (secondary N) is 1. The Labute approximate surface area is 149 Å². The quantitative estimate of drug-likeness (QED) is 0.798. The highest BCUT2D eigenvalue weighted by Gasteiger charge is 2.28. The van der Waals surface area contributed by atoms with Crippen LogP contribution in [0, 0.1) is 19.8 Å². The van der Waals surface area contributed by atoms with Crippen LogP contribution in [-0.2, 0) is 27.3 Å². The summed E-state index contributed by atoms with van der Waals surface area (Å²) in [6, 6.07) is 0. The summed E-state index contributed by atoms with van der Waals surface area (Å²) in [7, 11) is 1.51. The van der Waals surface area contributed by atoms with Crippen LogP contribution in [0.4, 0.5) is 0 Å². The van der Waals surface area contributed by atoms with E-state index >= 15 is 0 Å². The zero-order valence-corrected chi connectivity index (χ0v) is 15.8. The second-order valence-corrected chi connectivity index (χ2v) is 6.62. The molecule has 0 spiro atoms. The Morgan fingerprint density at radius 3 is 2.76 bits per heavy atom. The molecule has 7 nitrogen and oxygen atoms in total. The fraction of sp³-hybridized carbons (Fsp3) is 0.722. The first-order valence-electron chi connectivity index (χ1n) is 9.05. The molecule has 1 atom stereocenters. The molecular weight excluding hydrogens is 320 g/mol. The van der Waals surface area contributed by atoms with Crippen molar-refractivity contribution in [2.75, 3.05) is 33.4 Å².